The molecule has 0 fully saturated rings. The van der Waals surface area contributed by atoms with Crippen LogP contribution in [0.5, 0.6) is 0 Å². The van der Waals surface area contributed by atoms with Crippen LogP contribution in [-0.2, 0) is 10.0 Å². The van der Waals surface area contributed by atoms with Crippen LogP contribution in [0.1, 0.15) is 0 Å². The highest BCUT2D eigenvalue weighted by atomic mass is 35.5. The van der Waals surface area contributed by atoms with Gasteiger partial charge in [0.05, 0.1) is 10.6 Å². The summed E-state index contributed by atoms with van der Waals surface area (Å²) in [7, 11) is -3.77. The van der Waals surface area contributed by atoms with Crippen molar-refractivity contribution in [1.29, 1.82) is 0 Å². The van der Waals surface area contributed by atoms with Crippen molar-refractivity contribution in [1.82, 2.24) is 9.78 Å². The normalized spacial score (nSPS) is 11.3. The summed E-state index contributed by atoms with van der Waals surface area (Å²) in [5, 5.41) is 5.05. The van der Waals surface area contributed by atoms with Crippen molar-refractivity contribution in [3.8, 4) is 16.8 Å². The zero-order chi connectivity index (χ0) is 19.6. The summed E-state index contributed by atoms with van der Waals surface area (Å²) in [4.78, 5) is 0.173. The SMILES string of the molecule is O=S(=O)(Nc1nn(-c2cccc(Cl)c2)cc1-c1ccccc1)c1ccccc1. The van der Waals surface area contributed by atoms with E-state index in [1.54, 1.807) is 53.3 Å². The summed E-state index contributed by atoms with van der Waals surface area (Å²) < 4.78 is 29.8. The fourth-order valence-electron chi connectivity index (χ4n) is 2.81. The Morgan fingerprint density at radius 2 is 1.54 bits per heavy atom. The molecular weight excluding hydrogens is 394 g/mol. The van der Waals surface area contributed by atoms with Crippen LogP contribution in [0.15, 0.2) is 96.0 Å². The van der Waals surface area contributed by atoms with E-state index in [9.17, 15) is 8.42 Å². The summed E-state index contributed by atoms with van der Waals surface area (Å²) in [6.45, 7) is 0. The molecule has 0 saturated heterocycles. The Hall–Kier alpha value is -3.09. The molecular formula is C21H16ClN3O2S. The summed E-state index contributed by atoms with van der Waals surface area (Å²) in [5.74, 6) is 0.245. The lowest BCUT2D eigenvalue weighted by Crippen LogP contribution is -2.14. The number of halogens is 1. The van der Waals surface area contributed by atoms with E-state index in [-0.39, 0.29) is 10.7 Å². The van der Waals surface area contributed by atoms with Gasteiger partial charge in [-0.15, -0.1) is 5.10 Å². The summed E-state index contributed by atoms with van der Waals surface area (Å²) >= 11 is 6.09. The van der Waals surface area contributed by atoms with Gasteiger partial charge < -0.3 is 0 Å². The van der Waals surface area contributed by atoms with E-state index in [0.29, 0.717) is 10.6 Å². The van der Waals surface area contributed by atoms with Crippen molar-refractivity contribution in [2.24, 2.45) is 0 Å². The molecule has 140 valence electrons. The molecule has 0 aliphatic rings. The van der Waals surface area contributed by atoms with Gasteiger partial charge in [0, 0.05) is 16.8 Å². The molecule has 7 heteroatoms. The van der Waals surface area contributed by atoms with Gasteiger partial charge >= 0.3 is 0 Å². The van der Waals surface area contributed by atoms with Crippen LogP contribution in [-0.4, -0.2) is 18.2 Å². The molecule has 4 aromatic rings. The molecule has 1 N–H and O–H groups in total. The van der Waals surface area contributed by atoms with E-state index in [1.807, 2.05) is 42.5 Å². The Labute approximate surface area is 168 Å². The molecule has 0 spiro atoms. The number of benzene rings is 3. The average Bonchev–Trinajstić information content (AvgIpc) is 3.12. The summed E-state index contributed by atoms with van der Waals surface area (Å²) in [6, 6.07) is 24.9. The molecule has 0 saturated carbocycles. The van der Waals surface area contributed by atoms with Crippen LogP contribution in [0.25, 0.3) is 16.8 Å². The van der Waals surface area contributed by atoms with Crippen LogP contribution in [0.3, 0.4) is 0 Å². The first kappa shape index (κ1) is 18.3. The Morgan fingerprint density at radius 3 is 2.21 bits per heavy atom. The molecule has 1 aromatic heterocycles. The van der Waals surface area contributed by atoms with Crippen LogP contribution in [0, 0.1) is 0 Å². The molecule has 0 amide bonds. The number of aromatic nitrogens is 2. The molecule has 28 heavy (non-hydrogen) atoms. The molecule has 3 aromatic carbocycles. The van der Waals surface area contributed by atoms with Gasteiger partial charge in [-0.2, -0.15) is 0 Å². The van der Waals surface area contributed by atoms with Gasteiger partial charge in [-0.1, -0.05) is 66.2 Å². The standard InChI is InChI=1S/C21H16ClN3O2S/c22-17-10-7-11-18(14-17)25-15-20(16-8-3-1-4-9-16)21(23-25)24-28(26,27)19-12-5-2-6-13-19/h1-15H,(H,23,24). The highest BCUT2D eigenvalue weighted by Crippen LogP contribution is 2.30. The number of sulfonamides is 1. The van der Waals surface area contributed by atoms with Gasteiger partial charge in [0.2, 0.25) is 0 Å². The van der Waals surface area contributed by atoms with Crippen molar-refractivity contribution >= 4 is 27.4 Å². The van der Waals surface area contributed by atoms with E-state index in [2.05, 4.69) is 9.82 Å². The van der Waals surface area contributed by atoms with Crippen molar-refractivity contribution in [3.05, 3.63) is 96.1 Å². The fraction of sp³-hybridized carbons (Fsp3) is 0. The third kappa shape index (κ3) is 3.78. The zero-order valence-corrected chi connectivity index (χ0v) is 16.2. The highest BCUT2D eigenvalue weighted by molar-refractivity contribution is 7.92. The lowest BCUT2D eigenvalue weighted by Gasteiger charge is -2.07. The second kappa shape index (κ2) is 7.50. The number of nitrogens with one attached hydrogen (secondary N) is 1. The summed E-state index contributed by atoms with van der Waals surface area (Å²) in [6.07, 6.45) is 1.78. The second-order valence-electron chi connectivity index (χ2n) is 6.10. The minimum absolute atomic E-state index is 0.173. The largest absolute Gasteiger partial charge is 0.263 e. The van der Waals surface area contributed by atoms with Gasteiger partial charge in [0.15, 0.2) is 5.82 Å². The lowest BCUT2D eigenvalue weighted by molar-refractivity contribution is 0.601. The van der Waals surface area contributed by atoms with Crippen molar-refractivity contribution in [3.63, 3.8) is 0 Å². The minimum atomic E-state index is -3.77. The van der Waals surface area contributed by atoms with Gasteiger partial charge in [-0.25, -0.2) is 13.1 Å². The van der Waals surface area contributed by atoms with Crippen LogP contribution in [0.2, 0.25) is 5.02 Å². The quantitative estimate of drug-likeness (QED) is 0.504. The first-order valence-electron chi connectivity index (χ1n) is 8.52. The molecule has 0 bridgehead atoms. The van der Waals surface area contributed by atoms with Crippen molar-refractivity contribution in [2.75, 3.05) is 4.72 Å². The maximum Gasteiger partial charge on any atom is 0.263 e. The predicted octanol–water partition coefficient (Wildman–Crippen LogP) is 4.99. The Kier molecular flexibility index (Phi) is 4.90. The number of anilines is 1. The average molecular weight is 410 g/mol. The van der Waals surface area contributed by atoms with Gasteiger partial charge in [-0.05, 0) is 35.9 Å². The van der Waals surface area contributed by atoms with Crippen LogP contribution < -0.4 is 4.72 Å². The Balaban J connectivity index is 1.81. The molecule has 0 aliphatic carbocycles. The smallest absolute Gasteiger partial charge is 0.261 e. The molecule has 0 atom stereocenters. The second-order valence-corrected chi connectivity index (χ2v) is 8.22. The van der Waals surface area contributed by atoms with Crippen LogP contribution in [0.4, 0.5) is 5.82 Å². The molecule has 5 nitrogen and oxygen atoms in total. The number of rotatable bonds is 5. The molecule has 1 heterocycles. The van der Waals surface area contributed by atoms with Gasteiger partial charge in [-0.3, -0.25) is 4.72 Å². The first-order chi connectivity index (χ1) is 13.5. The number of hydrogen-bond donors (Lipinski definition) is 1. The Bertz CT molecular complexity index is 1210. The molecule has 4 rings (SSSR count). The van der Waals surface area contributed by atoms with Crippen LogP contribution >= 0.6 is 11.6 Å². The third-order valence-electron chi connectivity index (χ3n) is 4.16. The maximum atomic E-state index is 12.8. The zero-order valence-electron chi connectivity index (χ0n) is 14.7. The molecule has 0 aliphatic heterocycles. The lowest BCUT2D eigenvalue weighted by atomic mass is 10.1. The minimum Gasteiger partial charge on any atom is -0.261 e. The molecule has 0 radical (unpaired) electrons. The topological polar surface area (TPSA) is 64.0 Å². The van der Waals surface area contributed by atoms with E-state index < -0.39 is 10.0 Å². The van der Waals surface area contributed by atoms with E-state index in [0.717, 1.165) is 11.3 Å². The number of nitrogens with zero attached hydrogens (tertiary/aromatic N) is 2. The highest BCUT2D eigenvalue weighted by Gasteiger charge is 2.20. The first-order valence-corrected chi connectivity index (χ1v) is 10.4. The van der Waals surface area contributed by atoms with Gasteiger partial charge in [0.1, 0.15) is 0 Å². The van der Waals surface area contributed by atoms with E-state index in [1.165, 1.54) is 0 Å². The number of hydrogen-bond acceptors (Lipinski definition) is 3. The van der Waals surface area contributed by atoms with E-state index in [4.69, 9.17) is 11.6 Å². The third-order valence-corrected chi connectivity index (χ3v) is 5.75. The maximum absolute atomic E-state index is 12.8. The Morgan fingerprint density at radius 1 is 0.857 bits per heavy atom. The van der Waals surface area contributed by atoms with Crippen molar-refractivity contribution < 1.29 is 8.42 Å². The van der Waals surface area contributed by atoms with Gasteiger partial charge in [0.25, 0.3) is 10.0 Å². The summed E-state index contributed by atoms with van der Waals surface area (Å²) in [5.41, 5.74) is 2.25. The molecule has 0 unspecified atom stereocenters. The van der Waals surface area contributed by atoms with Crippen molar-refractivity contribution in [2.45, 2.75) is 4.90 Å². The fourth-order valence-corrected chi connectivity index (χ4v) is 4.04. The predicted molar refractivity (Wildman–Crippen MR) is 111 cm³/mol. The monoisotopic (exact) mass is 409 g/mol. The van der Waals surface area contributed by atoms with E-state index >= 15 is 0 Å².